The predicted octanol–water partition coefficient (Wildman–Crippen LogP) is 1.95. The molecule has 30 heavy (non-hydrogen) atoms. The van der Waals surface area contributed by atoms with Crippen molar-refractivity contribution in [3.63, 3.8) is 0 Å². The number of cyclic esters (lactones) is 1. The number of esters is 1. The Labute approximate surface area is 175 Å². The number of rotatable bonds is 5. The Hall–Kier alpha value is -3.21. The highest BCUT2D eigenvalue weighted by atomic mass is 16.5. The van der Waals surface area contributed by atoms with Crippen molar-refractivity contribution in [2.24, 2.45) is 0 Å². The van der Waals surface area contributed by atoms with Gasteiger partial charge in [0, 0.05) is 25.1 Å². The first-order valence-electron chi connectivity index (χ1n) is 10.1. The van der Waals surface area contributed by atoms with Crippen LogP contribution in [0.2, 0.25) is 0 Å². The van der Waals surface area contributed by atoms with Crippen LogP contribution in [0.3, 0.4) is 0 Å². The Balaban J connectivity index is 1.39. The molecule has 1 fully saturated rings. The normalized spacial score (nSPS) is 19.2. The summed E-state index contributed by atoms with van der Waals surface area (Å²) in [6.07, 6.45) is 0.710. The molecular formula is C23H23N3O4. The third-order valence-corrected chi connectivity index (χ3v) is 5.32. The molecule has 1 saturated heterocycles. The summed E-state index contributed by atoms with van der Waals surface area (Å²) in [6, 6.07) is 15.0. The van der Waals surface area contributed by atoms with E-state index in [9.17, 15) is 14.9 Å². The van der Waals surface area contributed by atoms with Crippen molar-refractivity contribution in [1.29, 1.82) is 5.26 Å². The van der Waals surface area contributed by atoms with E-state index in [1.54, 1.807) is 6.07 Å². The van der Waals surface area contributed by atoms with Crippen molar-refractivity contribution in [2.45, 2.75) is 31.6 Å². The molecular weight excluding hydrogens is 382 g/mol. The van der Waals surface area contributed by atoms with Crippen LogP contribution in [0.5, 0.6) is 0 Å². The van der Waals surface area contributed by atoms with E-state index < -0.39 is 12.1 Å². The number of nitrogens with zero attached hydrogens (tertiary/aromatic N) is 1. The largest absolute Gasteiger partial charge is 0.457 e. The quantitative estimate of drug-likeness (QED) is 0.738. The van der Waals surface area contributed by atoms with Crippen LogP contribution in [-0.4, -0.2) is 43.7 Å². The van der Waals surface area contributed by atoms with Gasteiger partial charge in [-0.25, -0.2) is 4.79 Å². The van der Waals surface area contributed by atoms with Gasteiger partial charge in [0.1, 0.15) is 18.8 Å². The number of hydrogen-bond acceptors (Lipinski definition) is 6. The van der Waals surface area contributed by atoms with Gasteiger partial charge in [0.2, 0.25) is 0 Å². The highest BCUT2D eigenvalue weighted by Crippen LogP contribution is 2.27. The van der Waals surface area contributed by atoms with Gasteiger partial charge in [-0.3, -0.25) is 4.79 Å². The van der Waals surface area contributed by atoms with Gasteiger partial charge in [0.25, 0.3) is 5.91 Å². The van der Waals surface area contributed by atoms with Gasteiger partial charge in [-0.15, -0.1) is 0 Å². The lowest BCUT2D eigenvalue weighted by atomic mass is 9.98. The van der Waals surface area contributed by atoms with Crippen LogP contribution in [0, 0.1) is 11.3 Å². The Kier molecular flexibility index (Phi) is 6.07. The van der Waals surface area contributed by atoms with E-state index in [-0.39, 0.29) is 11.9 Å². The number of fused-ring (bicyclic) bond motifs is 1. The SMILES string of the molecule is N#C[C@H](Cc1ccc(-c2ccc3c(c2)COC3=O)cc1)NC(=O)[C@@H]1CNCCCO1. The van der Waals surface area contributed by atoms with Crippen LogP contribution in [0.1, 0.15) is 27.9 Å². The smallest absolute Gasteiger partial charge is 0.338 e. The molecule has 4 rings (SSSR count). The molecule has 2 aliphatic heterocycles. The molecule has 2 heterocycles. The molecule has 2 N–H and O–H groups in total. The first-order chi connectivity index (χ1) is 14.6. The van der Waals surface area contributed by atoms with Crippen molar-refractivity contribution in [3.05, 3.63) is 59.2 Å². The highest BCUT2D eigenvalue weighted by molar-refractivity contribution is 5.94. The number of benzene rings is 2. The van der Waals surface area contributed by atoms with Gasteiger partial charge in [-0.1, -0.05) is 30.3 Å². The topological polar surface area (TPSA) is 100 Å². The van der Waals surface area contributed by atoms with E-state index >= 15 is 0 Å². The molecule has 154 valence electrons. The summed E-state index contributed by atoms with van der Waals surface area (Å²) >= 11 is 0. The van der Waals surface area contributed by atoms with E-state index in [1.807, 2.05) is 36.4 Å². The van der Waals surface area contributed by atoms with Gasteiger partial charge in [-0.2, -0.15) is 5.26 Å². The zero-order valence-corrected chi connectivity index (χ0v) is 16.5. The fraction of sp³-hybridized carbons (Fsp3) is 0.348. The average molecular weight is 405 g/mol. The summed E-state index contributed by atoms with van der Waals surface area (Å²) in [5, 5.41) is 15.4. The summed E-state index contributed by atoms with van der Waals surface area (Å²) in [4.78, 5) is 24.0. The molecule has 2 aliphatic rings. The Morgan fingerprint density at radius 1 is 1.23 bits per heavy atom. The van der Waals surface area contributed by atoms with Crippen molar-refractivity contribution in [1.82, 2.24) is 10.6 Å². The maximum atomic E-state index is 12.4. The van der Waals surface area contributed by atoms with Crippen molar-refractivity contribution >= 4 is 11.9 Å². The minimum atomic E-state index is -0.627. The summed E-state index contributed by atoms with van der Waals surface area (Å²) in [7, 11) is 0. The number of nitriles is 1. The molecule has 0 bridgehead atoms. The molecule has 2 atom stereocenters. The zero-order valence-electron chi connectivity index (χ0n) is 16.5. The molecule has 0 aliphatic carbocycles. The zero-order chi connectivity index (χ0) is 20.9. The molecule has 0 spiro atoms. The van der Waals surface area contributed by atoms with Crippen LogP contribution >= 0.6 is 0 Å². The minimum absolute atomic E-state index is 0.262. The first kappa shape index (κ1) is 20.1. The lowest BCUT2D eigenvalue weighted by Gasteiger charge is -2.18. The summed E-state index contributed by atoms with van der Waals surface area (Å²) < 4.78 is 10.6. The van der Waals surface area contributed by atoms with E-state index in [0.29, 0.717) is 31.7 Å². The molecule has 7 nitrogen and oxygen atoms in total. The molecule has 2 aromatic carbocycles. The van der Waals surface area contributed by atoms with Crippen LogP contribution in [0.25, 0.3) is 11.1 Å². The van der Waals surface area contributed by atoms with Gasteiger partial charge in [0.15, 0.2) is 0 Å². The number of nitrogens with one attached hydrogen (secondary N) is 2. The highest BCUT2D eigenvalue weighted by Gasteiger charge is 2.24. The Bertz CT molecular complexity index is 973. The third kappa shape index (κ3) is 4.51. The Morgan fingerprint density at radius 2 is 2.03 bits per heavy atom. The van der Waals surface area contributed by atoms with E-state index in [0.717, 1.165) is 35.2 Å². The van der Waals surface area contributed by atoms with Crippen LogP contribution in [-0.2, 0) is 27.3 Å². The Morgan fingerprint density at radius 3 is 2.83 bits per heavy atom. The third-order valence-electron chi connectivity index (χ3n) is 5.32. The number of hydrogen-bond donors (Lipinski definition) is 2. The van der Waals surface area contributed by atoms with Gasteiger partial charge < -0.3 is 20.1 Å². The second-order valence-electron chi connectivity index (χ2n) is 7.46. The van der Waals surface area contributed by atoms with Crippen molar-refractivity contribution < 1.29 is 19.1 Å². The van der Waals surface area contributed by atoms with Crippen LogP contribution in [0.15, 0.2) is 42.5 Å². The first-order valence-corrected chi connectivity index (χ1v) is 10.1. The molecule has 2 aromatic rings. The van der Waals surface area contributed by atoms with Gasteiger partial charge in [0.05, 0.1) is 11.6 Å². The summed E-state index contributed by atoms with van der Waals surface area (Å²) in [5.41, 5.74) is 4.48. The molecule has 7 heteroatoms. The predicted molar refractivity (Wildman–Crippen MR) is 109 cm³/mol. The molecule has 1 amide bonds. The summed E-state index contributed by atoms with van der Waals surface area (Å²) in [5.74, 6) is -0.538. The molecule has 0 aromatic heterocycles. The van der Waals surface area contributed by atoms with E-state index in [1.165, 1.54) is 0 Å². The van der Waals surface area contributed by atoms with E-state index in [2.05, 4.69) is 16.7 Å². The maximum Gasteiger partial charge on any atom is 0.338 e. The van der Waals surface area contributed by atoms with Gasteiger partial charge >= 0.3 is 5.97 Å². The number of carbonyl (C=O) groups is 2. The van der Waals surface area contributed by atoms with Gasteiger partial charge in [-0.05, 0) is 41.8 Å². The molecule has 0 unspecified atom stereocenters. The average Bonchev–Trinajstić information content (AvgIpc) is 2.96. The summed E-state index contributed by atoms with van der Waals surface area (Å²) in [6.45, 7) is 2.12. The fourth-order valence-corrected chi connectivity index (χ4v) is 3.66. The van der Waals surface area contributed by atoms with Crippen LogP contribution < -0.4 is 10.6 Å². The second-order valence-corrected chi connectivity index (χ2v) is 7.46. The maximum absolute atomic E-state index is 12.4. The lowest BCUT2D eigenvalue weighted by Crippen LogP contribution is -2.46. The molecule has 0 radical (unpaired) electrons. The van der Waals surface area contributed by atoms with Crippen molar-refractivity contribution in [2.75, 3.05) is 19.7 Å². The standard InChI is InChI=1S/C23H23N3O4/c24-12-19(26-22(27)21-13-25-8-1-9-29-21)10-15-2-4-16(5-3-15)17-6-7-20-18(11-17)14-30-23(20)28/h2-7,11,19,21,25H,1,8-10,13-14H2,(H,26,27)/t19-,21-/m0/s1. The lowest BCUT2D eigenvalue weighted by molar-refractivity contribution is -0.132. The number of amides is 1. The monoisotopic (exact) mass is 405 g/mol. The van der Waals surface area contributed by atoms with E-state index in [4.69, 9.17) is 9.47 Å². The molecule has 0 saturated carbocycles. The minimum Gasteiger partial charge on any atom is -0.457 e. The number of carbonyl (C=O) groups excluding carboxylic acids is 2. The second kappa shape index (κ2) is 9.08. The van der Waals surface area contributed by atoms with Crippen LogP contribution in [0.4, 0.5) is 0 Å². The fourth-order valence-electron chi connectivity index (χ4n) is 3.66. The van der Waals surface area contributed by atoms with Crippen molar-refractivity contribution in [3.8, 4) is 17.2 Å². The number of ether oxygens (including phenoxy) is 2.